The number of amides is 1. The number of carbonyl (C=O) groups is 3. The summed E-state index contributed by atoms with van der Waals surface area (Å²) < 4.78 is 4.35. The Balaban J connectivity index is 4.45. The lowest BCUT2D eigenvalue weighted by Crippen LogP contribution is -2.49. The van der Waals surface area contributed by atoms with Crippen molar-refractivity contribution in [1.29, 1.82) is 0 Å². The van der Waals surface area contributed by atoms with Crippen LogP contribution in [-0.2, 0) is 19.1 Å². The number of nitrogens with one attached hydrogen (secondary N) is 1. The number of ether oxygens (including phenoxy) is 1. The van der Waals surface area contributed by atoms with Crippen LogP contribution in [0.5, 0.6) is 0 Å². The summed E-state index contributed by atoms with van der Waals surface area (Å²) in [6.45, 7) is 3.80. The molecular weight excluding hydrogens is 240 g/mol. The van der Waals surface area contributed by atoms with Gasteiger partial charge in [0.1, 0.15) is 6.04 Å². The van der Waals surface area contributed by atoms with E-state index >= 15 is 0 Å². The van der Waals surface area contributed by atoms with Crippen LogP contribution in [0.1, 0.15) is 26.7 Å². The van der Waals surface area contributed by atoms with Gasteiger partial charge in [0.2, 0.25) is 5.91 Å². The van der Waals surface area contributed by atoms with Crippen molar-refractivity contribution in [3.8, 4) is 0 Å². The van der Waals surface area contributed by atoms with Gasteiger partial charge in [-0.15, -0.1) is 0 Å². The SMILES string of the molecule is COC(=O)C[C@H](NC(=O)[C@@H](N)CC(C)C)C(=O)O. The minimum Gasteiger partial charge on any atom is -0.480 e. The number of carbonyl (C=O) groups excluding carboxylic acids is 2. The molecule has 104 valence electrons. The van der Waals surface area contributed by atoms with Crippen molar-refractivity contribution in [2.75, 3.05) is 7.11 Å². The summed E-state index contributed by atoms with van der Waals surface area (Å²) in [7, 11) is 1.15. The van der Waals surface area contributed by atoms with Gasteiger partial charge in [-0.2, -0.15) is 0 Å². The van der Waals surface area contributed by atoms with Gasteiger partial charge in [0.05, 0.1) is 19.6 Å². The second kappa shape index (κ2) is 7.65. The van der Waals surface area contributed by atoms with E-state index in [1.54, 1.807) is 0 Å². The predicted molar refractivity (Wildman–Crippen MR) is 63.6 cm³/mol. The van der Waals surface area contributed by atoms with Crippen molar-refractivity contribution in [2.24, 2.45) is 11.7 Å². The largest absolute Gasteiger partial charge is 0.480 e. The maximum atomic E-state index is 11.6. The first-order valence-corrected chi connectivity index (χ1v) is 5.63. The molecule has 0 bridgehead atoms. The second-order valence-electron chi connectivity index (χ2n) is 4.42. The monoisotopic (exact) mass is 260 g/mol. The molecule has 0 aromatic carbocycles. The normalized spacial score (nSPS) is 13.8. The Hall–Kier alpha value is -1.63. The van der Waals surface area contributed by atoms with Crippen molar-refractivity contribution < 1.29 is 24.2 Å². The summed E-state index contributed by atoms with van der Waals surface area (Å²) in [6, 6.07) is -2.10. The molecule has 0 rings (SSSR count). The van der Waals surface area contributed by atoms with E-state index in [9.17, 15) is 14.4 Å². The van der Waals surface area contributed by atoms with Crippen LogP contribution in [0.3, 0.4) is 0 Å². The average molecular weight is 260 g/mol. The highest BCUT2D eigenvalue weighted by atomic mass is 16.5. The Kier molecular flexibility index (Phi) is 6.96. The third kappa shape index (κ3) is 6.19. The highest BCUT2D eigenvalue weighted by Crippen LogP contribution is 2.04. The minimum absolute atomic E-state index is 0.217. The summed E-state index contributed by atoms with van der Waals surface area (Å²) in [4.78, 5) is 33.5. The van der Waals surface area contributed by atoms with Crippen molar-refractivity contribution in [1.82, 2.24) is 5.32 Å². The van der Waals surface area contributed by atoms with Crippen molar-refractivity contribution in [3.05, 3.63) is 0 Å². The van der Waals surface area contributed by atoms with E-state index in [4.69, 9.17) is 10.8 Å². The van der Waals surface area contributed by atoms with E-state index in [-0.39, 0.29) is 5.92 Å². The van der Waals surface area contributed by atoms with Gasteiger partial charge in [-0.1, -0.05) is 13.8 Å². The topological polar surface area (TPSA) is 119 Å². The zero-order valence-corrected chi connectivity index (χ0v) is 10.8. The fourth-order valence-corrected chi connectivity index (χ4v) is 1.34. The molecule has 0 heterocycles. The first kappa shape index (κ1) is 16.4. The summed E-state index contributed by atoms with van der Waals surface area (Å²) in [5, 5.41) is 11.1. The van der Waals surface area contributed by atoms with Gasteiger partial charge < -0.3 is 20.9 Å². The van der Waals surface area contributed by atoms with Gasteiger partial charge >= 0.3 is 11.9 Å². The van der Waals surface area contributed by atoms with Crippen molar-refractivity contribution in [3.63, 3.8) is 0 Å². The lowest BCUT2D eigenvalue weighted by atomic mass is 10.0. The number of hydrogen-bond acceptors (Lipinski definition) is 5. The highest BCUT2D eigenvalue weighted by molar-refractivity contribution is 5.89. The number of esters is 1. The summed E-state index contributed by atoms with van der Waals surface area (Å²) in [6.07, 6.45) is 0.0162. The number of hydrogen-bond donors (Lipinski definition) is 3. The number of carboxylic acid groups (broad SMARTS) is 1. The predicted octanol–water partition coefficient (Wildman–Crippen LogP) is -0.508. The van der Waals surface area contributed by atoms with Gasteiger partial charge in [-0.3, -0.25) is 9.59 Å². The average Bonchev–Trinajstić information content (AvgIpc) is 2.26. The molecule has 0 aliphatic heterocycles. The number of nitrogens with two attached hydrogens (primary N) is 1. The summed E-state index contributed by atoms with van der Waals surface area (Å²) in [5.74, 6) is -2.37. The zero-order valence-electron chi connectivity index (χ0n) is 10.8. The maximum Gasteiger partial charge on any atom is 0.326 e. The summed E-state index contributed by atoms with van der Waals surface area (Å²) in [5.41, 5.74) is 5.61. The van der Waals surface area contributed by atoms with Crippen LogP contribution in [0.4, 0.5) is 0 Å². The molecule has 0 aliphatic rings. The molecule has 2 atom stereocenters. The van der Waals surface area contributed by atoms with Gasteiger partial charge in [0, 0.05) is 0 Å². The number of carboxylic acids is 1. The molecule has 0 unspecified atom stereocenters. The molecule has 4 N–H and O–H groups in total. The van der Waals surface area contributed by atoms with Crippen LogP contribution in [0.25, 0.3) is 0 Å². The maximum absolute atomic E-state index is 11.6. The molecule has 7 heteroatoms. The third-order valence-corrected chi connectivity index (χ3v) is 2.28. The van der Waals surface area contributed by atoms with E-state index in [2.05, 4.69) is 10.1 Å². The first-order chi connectivity index (χ1) is 8.27. The molecule has 0 fully saturated rings. The fourth-order valence-electron chi connectivity index (χ4n) is 1.34. The first-order valence-electron chi connectivity index (χ1n) is 5.63. The lowest BCUT2D eigenvalue weighted by molar-refractivity contribution is -0.148. The lowest BCUT2D eigenvalue weighted by Gasteiger charge is -2.18. The van der Waals surface area contributed by atoms with Crippen LogP contribution in [-0.4, -0.2) is 42.1 Å². The molecular formula is C11H20N2O5. The standard InChI is InChI=1S/C11H20N2O5/c1-6(2)4-7(12)10(15)13-8(11(16)17)5-9(14)18-3/h6-8H,4-5,12H2,1-3H3,(H,13,15)(H,16,17)/t7-,8-/m0/s1. The van der Waals surface area contributed by atoms with E-state index < -0.39 is 36.4 Å². The van der Waals surface area contributed by atoms with Crippen LogP contribution in [0, 0.1) is 5.92 Å². The molecule has 0 aromatic heterocycles. The Morgan fingerprint density at radius 1 is 1.33 bits per heavy atom. The molecule has 0 saturated carbocycles. The molecule has 18 heavy (non-hydrogen) atoms. The van der Waals surface area contributed by atoms with E-state index in [0.717, 1.165) is 7.11 Å². The molecule has 0 aromatic rings. The molecule has 0 aliphatic carbocycles. The Morgan fingerprint density at radius 2 is 1.89 bits per heavy atom. The molecule has 0 spiro atoms. The van der Waals surface area contributed by atoms with Crippen molar-refractivity contribution >= 4 is 17.8 Å². The number of rotatable bonds is 7. The van der Waals surface area contributed by atoms with Crippen LogP contribution in [0.2, 0.25) is 0 Å². The van der Waals surface area contributed by atoms with Gasteiger partial charge in [0.25, 0.3) is 0 Å². The van der Waals surface area contributed by atoms with Crippen LogP contribution < -0.4 is 11.1 Å². The Morgan fingerprint density at radius 3 is 2.28 bits per heavy atom. The van der Waals surface area contributed by atoms with Crippen LogP contribution in [0.15, 0.2) is 0 Å². The second-order valence-corrected chi connectivity index (χ2v) is 4.42. The Bertz CT molecular complexity index is 317. The quantitative estimate of drug-likeness (QED) is 0.530. The van der Waals surface area contributed by atoms with Gasteiger partial charge in [-0.25, -0.2) is 4.79 Å². The third-order valence-electron chi connectivity index (χ3n) is 2.28. The molecule has 7 nitrogen and oxygen atoms in total. The number of aliphatic carboxylic acids is 1. The van der Waals surface area contributed by atoms with E-state index in [1.807, 2.05) is 13.8 Å². The van der Waals surface area contributed by atoms with Crippen molar-refractivity contribution in [2.45, 2.75) is 38.8 Å². The smallest absolute Gasteiger partial charge is 0.326 e. The molecule has 1 amide bonds. The van der Waals surface area contributed by atoms with Gasteiger partial charge in [0.15, 0.2) is 0 Å². The van der Waals surface area contributed by atoms with E-state index in [1.165, 1.54) is 0 Å². The van der Waals surface area contributed by atoms with E-state index in [0.29, 0.717) is 6.42 Å². The summed E-state index contributed by atoms with van der Waals surface area (Å²) >= 11 is 0. The van der Waals surface area contributed by atoms with Crippen LogP contribution >= 0.6 is 0 Å². The fraction of sp³-hybridized carbons (Fsp3) is 0.727. The minimum atomic E-state index is -1.32. The molecule has 0 saturated heterocycles. The Labute approximate surface area is 106 Å². The molecule has 0 radical (unpaired) electrons. The highest BCUT2D eigenvalue weighted by Gasteiger charge is 2.26. The number of methoxy groups -OCH3 is 1. The van der Waals surface area contributed by atoms with Gasteiger partial charge in [-0.05, 0) is 12.3 Å². The zero-order chi connectivity index (χ0) is 14.3.